The summed E-state index contributed by atoms with van der Waals surface area (Å²) < 4.78 is 5.36. The number of benzene rings is 1. The Morgan fingerprint density at radius 2 is 1.90 bits per heavy atom. The monoisotopic (exact) mass is 285 g/mol. The van der Waals surface area contributed by atoms with Crippen LogP contribution in [0.1, 0.15) is 5.56 Å². The Morgan fingerprint density at radius 1 is 1.14 bits per heavy atom. The molecule has 0 unspecified atom stereocenters. The van der Waals surface area contributed by atoms with Crippen LogP contribution in [-0.4, -0.2) is 36.3 Å². The van der Waals surface area contributed by atoms with Gasteiger partial charge in [-0.25, -0.2) is 9.97 Å². The minimum atomic E-state index is 0.593. The van der Waals surface area contributed by atoms with Gasteiger partial charge >= 0.3 is 0 Å². The van der Waals surface area contributed by atoms with Crippen LogP contribution in [0.3, 0.4) is 0 Å². The average Bonchev–Trinajstić information content (AvgIpc) is 2.56. The third-order valence-corrected chi connectivity index (χ3v) is 3.48. The summed E-state index contributed by atoms with van der Waals surface area (Å²) in [4.78, 5) is 10.7. The predicted octanol–water partition coefficient (Wildman–Crippen LogP) is 1.51. The molecule has 110 valence electrons. The fourth-order valence-electron chi connectivity index (χ4n) is 2.34. The van der Waals surface area contributed by atoms with Crippen molar-refractivity contribution in [3.8, 4) is 0 Å². The summed E-state index contributed by atoms with van der Waals surface area (Å²) in [5.74, 6) is 1.46. The first kappa shape index (κ1) is 13.6. The Bertz CT molecular complexity index is 584. The van der Waals surface area contributed by atoms with E-state index in [1.54, 1.807) is 6.33 Å². The van der Waals surface area contributed by atoms with E-state index in [9.17, 15) is 0 Å². The lowest BCUT2D eigenvalue weighted by Gasteiger charge is -2.28. The van der Waals surface area contributed by atoms with Crippen LogP contribution in [0.5, 0.6) is 0 Å². The van der Waals surface area contributed by atoms with Crippen molar-refractivity contribution < 1.29 is 4.74 Å². The molecule has 3 N–H and O–H groups in total. The number of nitrogen functional groups attached to an aromatic ring is 1. The molecular formula is C15H19N5O. The molecule has 0 bridgehead atoms. The summed E-state index contributed by atoms with van der Waals surface area (Å²) >= 11 is 0. The molecule has 1 aromatic heterocycles. The van der Waals surface area contributed by atoms with Crippen LogP contribution >= 0.6 is 0 Å². The molecule has 0 atom stereocenters. The van der Waals surface area contributed by atoms with Gasteiger partial charge in [0.1, 0.15) is 12.0 Å². The van der Waals surface area contributed by atoms with Crippen LogP contribution in [-0.2, 0) is 11.3 Å². The number of hydrogen-bond donors (Lipinski definition) is 2. The van der Waals surface area contributed by atoms with E-state index < -0.39 is 0 Å². The number of nitrogens with two attached hydrogens (primary N) is 1. The van der Waals surface area contributed by atoms with E-state index in [2.05, 4.69) is 32.3 Å². The lowest BCUT2D eigenvalue weighted by atomic mass is 10.2. The van der Waals surface area contributed by atoms with Gasteiger partial charge in [-0.15, -0.1) is 0 Å². The van der Waals surface area contributed by atoms with Gasteiger partial charge in [-0.1, -0.05) is 30.3 Å². The van der Waals surface area contributed by atoms with E-state index in [4.69, 9.17) is 10.5 Å². The van der Waals surface area contributed by atoms with Crippen LogP contribution in [0.2, 0.25) is 0 Å². The molecule has 2 aromatic rings. The van der Waals surface area contributed by atoms with Crippen LogP contribution in [0.25, 0.3) is 0 Å². The quantitative estimate of drug-likeness (QED) is 0.886. The molecule has 0 saturated carbocycles. The Labute approximate surface area is 124 Å². The second-order valence-corrected chi connectivity index (χ2v) is 4.90. The number of morpholine rings is 1. The van der Waals surface area contributed by atoms with Crippen molar-refractivity contribution in [2.24, 2.45) is 0 Å². The van der Waals surface area contributed by atoms with E-state index >= 15 is 0 Å². The van der Waals surface area contributed by atoms with Gasteiger partial charge in [0.05, 0.1) is 13.2 Å². The number of nitrogens with zero attached hydrogens (tertiary/aromatic N) is 3. The van der Waals surface area contributed by atoms with Gasteiger partial charge in [-0.3, -0.25) is 0 Å². The molecular weight excluding hydrogens is 266 g/mol. The average molecular weight is 285 g/mol. The standard InChI is InChI=1S/C15H19N5O/c16-13-14(17-10-12-4-2-1-3-5-12)18-11-19-15(13)20-6-8-21-9-7-20/h1-5,11H,6-10,16H2,(H,17,18,19). The summed E-state index contributed by atoms with van der Waals surface area (Å²) in [5.41, 5.74) is 7.98. The van der Waals surface area contributed by atoms with Crippen molar-refractivity contribution >= 4 is 17.3 Å². The molecule has 3 rings (SSSR count). The lowest BCUT2D eigenvalue weighted by molar-refractivity contribution is 0.122. The van der Waals surface area contributed by atoms with E-state index in [0.29, 0.717) is 31.3 Å². The summed E-state index contributed by atoms with van der Waals surface area (Å²) in [5, 5.41) is 3.27. The minimum Gasteiger partial charge on any atom is -0.393 e. The van der Waals surface area contributed by atoms with Crippen LogP contribution < -0.4 is 16.0 Å². The zero-order chi connectivity index (χ0) is 14.5. The highest BCUT2D eigenvalue weighted by Gasteiger charge is 2.17. The second kappa shape index (κ2) is 6.41. The van der Waals surface area contributed by atoms with Crippen molar-refractivity contribution in [3.63, 3.8) is 0 Å². The van der Waals surface area contributed by atoms with E-state index in [1.807, 2.05) is 18.2 Å². The number of ether oxygens (including phenoxy) is 1. The Hall–Kier alpha value is -2.34. The molecule has 0 spiro atoms. The van der Waals surface area contributed by atoms with E-state index in [0.717, 1.165) is 18.9 Å². The predicted molar refractivity (Wildman–Crippen MR) is 83.2 cm³/mol. The molecule has 0 aliphatic carbocycles. The highest BCUT2D eigenvalue weighted by atomic mass is 16.5. The number of nitrogens with one attached hydrogen (secondary N) is 1. The maximum absolute atomic E-state index is 6.21. The van der Waals surface area contributed by atoms with Gasteiger partial charge in [0.15, 0.2) is 11.6 Å². The first-order valence-electron chi connectivity index (χ1n) is 7.05. The van der Waals surface area contributed by atoms with Crippen molar-refractivity contribution in [2.45, 2.75) is 6.54 Å². The van der Waals surface area contributed by atoms with Crippen molar-refractivity contribution in [1.82, 2.24) is 9.97 Å². The largest absolute Gasteiger partial charge is 0.393 e. The molecule has 1 fully saturated rings. The maximum atomic E-state index is 6.21. The molecule has 6 heteroatoms. The van der Waals surface area contributed by atoms with Gasteiger partial charge in [0.2, 0.25) is 0 Å². The van der Waals surface area contributed by atoms with Gasteiger partial charge in [-0.2, -0.15) is 0 Å². The third-order valence-electron chi connectivity index (χ3n) is 3.48. The molecule has 1 aromatic carbocycles. The first-order valence-corrected chi connectivity index (χ1v) is 7.05. The first-order chi connectivity index (χ1) is 10.3. The van der Waals surface area contributed by atoms with Crippen LogP contribution in [0.15, 0.2) is 36.7 Å². The Balaban J connectivity index is 1.73. The minimum absolute atomic E-state index is 0.593. The number of rotatable bonds is 4. The molecule has 2 heterocycles. The fraction of sp³-hybridized carbons (Fsp3) is 0.333. The topological polar surface area (TPSA) is 76.3 Å². The highest BCUT2D eigenvalue weighted by molar-refractivity contribution is 5.74. The molecule has 0 radical (unpaired) electrons. The van der Waals surface area contributed by atoms with Crippen molar-refractivity contribution in [1.29, 1.82) is 0 Å². The number of hydrogen-bond acceptors (Lipinski definition) is 6. The van der Waals surface area contributed by atoms with Gasteiger partial charge in [-0.05, 0) is 5.56 Å². The van der Waals surface area contributed by atoms with Crippen molar-refractivity contribution in [2.75, 3.05) is 42.3 Å². The van der Waals surface area contributed by atoms with E-state index in [1.165, 1.54) is 5.56 Å². The zero-order valence-electron chi connectivity index (χ0n) is 11.8. The molecule has 1 aliphatic heterocycles. The Kier molecular flexibility index (Phi) is 4.16. The van der Waals surface area contributed by atoms with Crippen LogP contribution in [0, 0.1) is 0 Å². The Morgan fingerprint density at radius 3 is 2.67 bits per heavy atom. The van der Waals surface area contributed by atoms with Gasteiger partial charge in [0.25, 0.3) is 0 Å². The van der Waals surface area contributed by atoms with Gasteiger partial charge < -0.3 is 20.7 Å². The van der Waals surface area contributed by atoms with Crippen molar-refractivity contribution in [3.05, 3.63) is 42.2 Å². The second-order valence-electron chi connectivity index (χ2n) is 4.90. The fourth-order valence-corrected chi connectivity index (χ4v) is 2.34. The maximum Gasteiger partial charge on any atom is 0.157 e. The number of anilines is 3. The molecule has 21 heavy (non-hydrogen) atoms. The molecule has 1 saturated heterocycles. The highest BCUT2D eigenvalue weighted by Crippen LogP contribution is 2.26. The summed E-state index contributed by atoms with van der Waals surface area (Å²) in [6, 6.07) is 10.2. The van der Waals surface area contributed by atoms with Gasteiger partial charge in [0, 0.05) is 19.6 Å². The molecule has 6 nitrogen and oxygen atoms in total. The molecule has 1 aliphatic rings. The smallest absolute Gasteiger partial charge is 0.157 e. The third kappa shape index (κ3) is 3.22. The molecule has 0 amide bonds. The zero-order valence-corrected chi connectivity index (χ0v) is 11.8. The normalized spacial score (nSPS) is 15.0. The summed E-state index contributed by atoms with van der Waals surface area (Å²) in [6.07, 6.45) is 1.55. The summed E-state index contributed by atoms with van der Waals surface area (Å²) in [7, 11) is 0. The lowest BCUT2D eigenvalue weighted by Crippen LogP contribution is -2.37. The SMILES string of the molecule is Nc1c(NCc2ccccc2)ncnc1N1CCOCC1. The van der Waals surface area contributed by atoms with E-state index in [-0.39, 0.29) is 0 Å². The number of aromatic nitrogens is 2. The van der Waals surface area contributed by atoms with Crippen LogP contribution in [0.4, 0.5) is 17.3 Å². The summed E-state index contributed by atoms with van der Waals surface area (Å²) in [6.45, 7) is 3.70.